The lowest BCUT2D eigenvalue weighted by molar-refractivity contribution is -0.139. The maximum Gasteiger partial charge on any atom is 0.295 e. The van der Waals surface area contributed by atoms with Gasteiger partial charge in [-0.05, 0) is 60.7 Å². The van der Waals surface area contributed by atoms with Gasteiger partial charge in [-0.15, -0.1) is 0 Å². The molecule has 3 aromatic rings. The highest BCUT2D eigenvalue weighted by molar-refractivity contribution is 6.46. The molecular formula is C29H33N3O5. The predicted octanol–water partition coefficient (Wildman–Crippen LogP) is 4.83. The standard InChI is InChI=1S/C29H33N3O5/c1-20(2)12-17-37-24-7-4-6-22(18-24)26-25(27(33)21-8-10-23(36-3)11-9-21)28(34)29(35)32(26)15-5-14-31-16-13-30-19-31/h4,6-11,13,16,18-20,26,33H,5,12,14-15,17H2,1-3H3. The summed E-state index contributed by atoms with van der Waals surface area (Å²) in [7, 11) is 1.56. The SMILES string of the molecule is COc1ccc(C(O)=C2C(=O)C(=O)N(CCCn3ccnc3)C2c2cccc(OCCC(C)C)c2)cc1. The third-order valence-corrected chi connectivity index (χ3v) is 6.42. The highest BCUT2D eigenvalue weighted by Gasteiger charge is 2.45. The highest BCUT2D eigenvalue weighted by Crippen LogP contribution is 2.40. The largest absolute Gasteiger partial charge is 0.507 e. The van der Waals surface area contributed by atoms with Crippen molar-refractivity contribution in [1.82, 2.24) is 14.5 Å². The normalized spacial score (nSPS) is 17.0. The second-order valence-electron chi connectivity index (χ2n) is 9.48. The summed E-state index contributed by atoms with van der Waals surface area (Å²) in [5.74, 6) is 0.249. The number of aliphatic hydroxyl groups excluding tert-OH is 1. The van der Waals surface area contributed by atoms with Crippen molar-refractivity contribution in [3.63, 3.8) is 0 Å². The van der Waals surface area contributed by atoms with Crippen molar-refractivity contribution in [3.05, 3.63) is 84.0 Å². The number of carbonyl (C=O) groups excluding carboxylic acids is 2. The average molecular weight is 504 g/mol. The number of hydrogen-bond acceptors (Lipinski definition) is 6. The first-order valence-electron chi connectivity index (χ1n) is 12.5. The Hall–Kier alpha value is -4.07. The topological polar surface area (TPSA) is 93.9 Å². The first-order valence-corrected chi connectivity index (χ1v) is 12.5. The number of benzene rings is 2. The second-order valence-corrected chi connectivity index (χ2v) is 9.48. The number of aryl methyl sites for hydroxylation is 1. The maximum absolute atomic E-state index is 13.3. The first-order chi connectivity index (χ1) is 17.9. The van der Waals surface area contributed by atoms with Crippen molar-refractivity contribution >= 4 is 17.4 Å². The average Bonchev–Trinajstić information content (AvgIpc) is 3.50. The number of imidazole rings is 1. The van der Waals surface area contributed by atoms with Crippen LogP contribution in [0.25, 0.3) is 5.76 Å². The molecule has 1 aliphatic heterocycles. The van der Waals surface area contributed by atoms with Crippen molar-refractivity contribution < 1.29 is 24.2 Å². The molecule has 194 valence electrons. The molecule has 0 saturated carbocycles. The van der Waals surface area contributed by atoms with E-state index in [1.165, 1.54) is 0 Å². The molecule has 1 unspecified atom stereocenters. The van der Waals surface area contributed by atoms with Gasteiger partial charge in [0.2, 0.25) is 0 Å². The number of amides is 1. The van der Waals surface area contributed by atoms with E-state index in [1.807, 2.05) is 35.0 Å². The Morgan fingerprint density at radius 1 is 1.08 bits per heavy atom. The fraction of sp³-hybridized carbons (Fsp3) is 0.345. The molecule has 2 heterocycles. The molecule has 1 amide bonds. The number of aromatic nitrogens is 2. The zero-order valence-electron chi connectivity index (χ0n) is 21.5. The summed E-state index contributed by atoms with van der Waals surface area (Å²) in [6.07, 6.45) is 6.80. The van der Waals surface area contributed by atoms with Crippen molar-refractivity contribution in [2.24, 2.45) is 5.92 Å². The van der Waals surface area contributed by atoms with Crippen LogP contribution in [0.1, 0.15) is 43.9 Å². The molecular weight excluding hydrogens is 470 g/mol. The van der Waals surface area contributed by atoms with Gasteiger partial charge in [0.05, 0.1) is 31.7 Å². The summed E-state index contributed by atoms with van der Waals surface area (Å²) in [5, 5.41) is 11.3. The van der Waals surface area contributed by atoms with Crippen LogP contribution in [0.15, 0.2) is 72.8 Å². The molecule has 4 rings (SSSR count). The second kappa shape index (κ2) is 11.8. The van der Waals surface area contributed by atoms with Gasteiger partial charge in [-0.25, -0.2) is 4.98 Å². The van der Waals surface area contributed by atoms with Gasteiger partial charge in [0, 0.05) is 31.0 Å². The Morgan fingerprint density at radius 2 is 1.86 bits per heavy atom. The molecule has 1 atom stereocenters. The Morgan fingerprint density at radius 3 is 2.54 bits per heavy atom. The quantitative estimate of drug-likeness (QED) is 0.229. The van der Waals surface area contributed by atoms with E-state index in [4.69, 9.17) is 9.47 Å². The van der Waals surface area contributed by atoms with E-state index in [0.717, 1.165) is 6.42 Å². The third-order valence-electron chi connectivity index (χ3n) is 6.42. The number of Topliss-reactive ketones (excluding diaryl/α,β-unsaturated/α-hetero) is 1. The van der Waals surface area contributed by atoms with Crippen LogP contribution in [-0.4, -0.2) is 51.5 Å². The van der Waals surface area contributed by atoms with Crippen LogP contribution in [0.5, 0.6) is 11.5 Å². The van der Waals surface area contributed by atoms with E-state index < -0.39 is 17.7 Å². The Kier molecular flexibility index (Phi) is 8.28. The van der Waals surface area contributed by atoms with Crippen molar-refractivity contribution in [2.75, 3.05) is 20.3 Å². The Labute approximate surface area is 217 Å². The predicted molar refractivity (Wildman–Crippen MR) is 140 cm³/mol. The molecule has 1 fully saturated rings. The molecule has 1 aliphatic rings. The number of nitrogens with zero attached hydrogens (tertiary/aromatic N) is 3. The summed E-state index contributed by atoms with van der Waals surface area (Å²) in [4.78, 5) is 32.1. The fourth-order valence-electron chi connectivity index (χ4n) is 4.39. The smallest absolute Gasteiger partial charge is 0.295 e. The highest BCUT2D eigenvalue weighted by atomic mass is 16.5. The van der Waals surface area contributed by atoms with Crippen LogP contribution in [0.4, 0.5) is 0 Å². The van der Waals surface area contributed by atoms with Crippen LogP contribution in [0.3, 0.4) is 0 Å². The van der Waals surface area contributed by atoms with Crippen LogP contribution in [0.2, 0.25) is 0 Å². The fourth-order valence-corrected chi connectivity index (χ4v) is 4.39. The Balaban J connectivity index is 1.69. The minimum absolute atomic E-state index is 0.0668. The van der Waals surface area contributed by atoms with Gasteiger partial charge >= 0.3 is 0 Å². The van der Waals surface area contributed by atoms with E-state index >= 15 is 0 Å². The summed E-state index contributed by atoms with van der Waals surface area (Å²) >= 11 is 0. The van der Waals surface area contributed by atoms with Gasteiger partial charge in [0.1, 0.15) is 17.3 Å². The molecule has 8 nitrogen and oxygen atoms in total. The summed E-state index contributed by atoms with van der Waals surface area (Å²) < 4.78 is 13.1. The minimum atomic E-state index is -0.737. The maximum atomic E-state index is 13.3. The zero-order chi connectivity index (χ0) is 26.4. The molecule has 0 bridgehead atoms. The molecule has 8 heteroatoms. The van der Waals surface area contributed by atoms with Gasteiger partial charge in [0.25, 0.3) is 11.7 Å². The summed E-state index contributed by atoms with van der Waals surface area (Å²) in [5.41, 5.74) is 1.21. The lowest BCUT2D eigenvalue weighted by Crippen LogP contribution is -2.31. The minimum Gasteiger partial charge on any atom is -0.507 e. The van der Waals surface area contributed by atoms with E-state index in [0.29, 0.717) is 54.7 Å². The van der Waals surface area contributed by atoms with E-state index in [-0.39, 0.29) is 11.3 Å². The van der Waals surface area contributed by atoms with E-state index in [1.54, 1.807) is 48.8 Å². The molecule has 0 spiro atoms. The number of aliphatic hydroxyl groups is 1. The van der Waals surface area contributed by atoms with Crippen molar-refractivity contribution in [3.8, 4) is 11.5 Å². The number of ketones is 1. The number of ether oxygens (including phenoxy) is 2. The number of likely N-dealkylation sites (tertiary alicyclic amines) is 1. The molecule has 1 N–H and O–H groups in total. The molecule has 0 radical (unpaired) electrons. The lowest BCUT2D eigenvalue weighted by atomic mass is 9.95. The van der Waals surface area contributed by atoms with Gasteiger partial charge in [-0.1, -0.05) is 26.0 Å². The zero-order valence-corrected chi connectivity index (χ0v) is 21.5. The monoisotopic (exact) mass is 503 g/mol. The van der Waals surface area contributed by atoms with Gasteiger partial charge in [-0.3, -0.25) is 9.59 Å². The van der Waals surface area contributed by atoms with Crippen molar-refractivity contribution in [2.45, 2.75) is 39.3 Å². The van der Waals surface area contributed by atoms with E-state index in [9.17, 15) is 14.7 Å². The first kappa shape index (κ1) is 26.0. The van der Waals surface area contributed by atoms with Crippen LogP contribution < -0.4 is 9.47 Å². The third kappa shape index (κ3) is 6.02. The number of methoxy groups -OCH3 is 1. The summed E-state index contributed by atoms with van der Waals surface area (Å²) in [6, 6.07) is 13.4. The molecule has 37 heavy (non-hydrogen) atoms. The number of rotatable bonds is 11. The van der Waals surface area contributed by atoms with Crippen LogP contribution >= 0.6 is 0 Å². The molecule has 0 aliphatic carbocycles. The molecule has 2 aromatic carbocycles. The Bertz CT molecular complexity index is 1250. The lowest BCUT2D eigenvalue weighted by Gasteiger charge is -2.26. The number of carbonyl (C=O) groups is 2. The summed E-state index contributed by atoms with van der Waals surface area (Å²) in [6.45, 7) is 5.82. The van der Waals surface area contributed by atoms with Crippen molar-refractivity contribution in [1.29, 1.82) is 0 Å². The van der Waals surface area contributed by atoms with Crippen LogP contribution in [0, 0.1) is 5.92 Å². The molecule has 1 saturated heterocycles. The van der Waals surface area contributed by atoms with Gasteiger partial charge in [-0.2, -0.15) is 0 Å². The van der Waals surface area contributed by atoms with Gasteiger partial charge in [0.15, 0.2) is 0 Å². The van der Waals surface area contributed by atoms with Crippen LogP contribution in [-0.2, 0) is 16.1 Å². The number of hydrogen-bond donors (Lipinski definition) is 1. The van der Waals surface area contributed by atoms with E-state index in [2.05, 4.69) is 18.8 Å². The van der Waals surface area contributed by atoms with Gasteiger partial charge < -0.3 is 24.0 Å². The molecule has 1 aromatic heterocycles.